The van der Waals surface area contributed by atoms with Gasteiger partial charge >= 0.3 is 0 Å². The zero-order chi connectivity index (χ0) is 20.6. The minimum absolute atomic E-state index is 0.0921. The van der Waals surface area contributed by atoms with Gasteiger partial charge in [-0.3, -0.25) is 9.69 Å². The number of nitrogens with zero attached hydrogens (tertiary/aromatic N) is 3. The molecule has 4 rings (SSSR count). The van der Waals surface area contributed by atoms with Crippen LogP contribution >= 0.6 is 11.6 Å². The lowest BCUT2D eigenvalue weighted by molar-refractivity contribution is -0.134. The molecule has 2 atom stereocenters. The summed E-state index contributed by atoms with van der Waals surface area (Å²) >= 11 is 5.98. The number of benzene rings is 1. The maximum atomic E-state index is 13.1. The van der Waals surface area contributed by atoms with Crippen LogP contribution in [0.5, 0.6) is 0 Å². The minimum Gasteiger partial charge on any atom is -0.467 e. The molecule has 1 amide bonds. The first-order chi connectivity index (χ1) is 13.8. The van der Waals surface area contributed by atoms with E-state index >= 15 is 0 Å². The van der Waals surface area contributed by atoms with E-state index < -0.39 is 9.84 Å². The zero-order valence-corrected chi connectivity index (χ0v) is 17.6. The van der Waals surface area contributed by atoms with Crippen LogP contribution in [0.1, 0.15) is 30.2 Å². The van der Waals surface area contributed by atoms with E-state index in [9.17, 15) is 13.2 Å². The first-order valence-corrected chi connectivity index (χ1v) is 11.6. The summed E-state index contributed by atoms with van der Waals surface area (Å²) in [6.07, 6.45) is 2.66. The molecule has 9 heteroatoms. The minimum atomic E-state index is -3.01. The lowest BCUT2D eigenvalue weighted by atomic mass is 10.0. The molecule has 0 saturated carbocycles. The number of hydrogen-bond acceptors (Lipinski definition) is 6. The zero-order valence-electron chi connectivity index (χ0n) is 16.0. The number of hydrazone groups is 1. The number of sulfone groups is 1. The van der Waals surface area contributed by atoms with Crippen molar-refractivity contribution >= 4 is 33.1 Å². The molecular formula is C20H22ClN3O4S. The Kier molecular flexibility index (Phi) is 5.50. The van der Waals surface area contributed by atoms with Crippen molar-refractivity contribution in [2.24, 2.45) is 5.10 Å². The Balaban J connectivity index is 1.54. The van der Waals surface area contributed by atoms with Gasteiger partial charge in [-0.1, -0.05) is 23.7 Å². The van der Waals surface area contributed by atoms with E-state index in [1.54, 1.807) is 31.5 Å². The van der Waals surface area contributed by atoms with Crippen LogP contribution in [0.2, 0.25) is 5.02 Å². The van der Waals surface area contributed by atoms with Crippen LogP contribution in [0.3, 0.4) is 0 Å². The molecule has 154 valence electrons. The molecule has 0 N–H and O–H groups in total. The summed E-state index contributed by atoms with van der Waals surface area (Å²) in [6, 6.07) is 10.5. The van der Waals surface area contributed by atoms with Gasteiger partial charge in [0.25, 0.3) is 5.91 Å². The molecule has 2 aromatic rings. The molecule has 3 heterocycles. The van der Waals surface area contributed by atoms with Crippen LogP contribution in [-0.4, -0.2) is 61.1 Å². The number of rotatable bonds is 5. The third kappa shape index (κ3) is 4.39. The molecular weight excluding hydrogens is 414 g/mol. The number of carbonyl (C=O) groups is 1. The summed E-state index contributed by atoms with van der Waals surface area (Å²) in [4.78, 5) is 14.9. The van der Waals surface area contributed by atoms with Gasteiger partial charge in [0.1, 0.15) is 11.8 Å². The van der Waals surface area contributed by atoms with Crippen LogP contribution in [0.25, 0.3) is 0 Å². The molecule has 1 aromatic carbocycles. The second kappa shape index (κ2) is 7.93. The van der Waals surface area contributed by atoms with E-state index in [0.29, 0.717) is 23.6 Å². The third-order valence-corrected chi connectivity index (χ3v) is 7.43. The highest BCUT2D eigenvalue weighted by molar-refractivity contribution is 7.91. The van der Waals surface area contributed by atoms with E-state index in [2.05, 4.69) is 5.10 Å². The molecule has 1 saturated heterocycles. The van der Waals surface area contributed by atoms with Gasteiger partial charge in [-0.15, -0.1) is 0 Å². The predicted octanol–water partition coefficient (Wildman–Crippen LogP) is 2.73. The molecule has 1 aromatic heterocycles. The Labute approximate surface area is 174 Å². The van der Waals surface area contributed by atoms with Crippen molar-refractivity contribution in [2.45, 2.75) is 24.9 Å². The van der Waals surface area contributed by atoms with Gasteiger partial charge in [-0.2, -0.15) is 5.10 Å². The van der Waals surface area contributed by atoms with Gasteiger partial charge in [0.15, 0.2) is 9.84 Å². The van der Waals surface area contributed by atoms with Gasteiger partial charge < -0.3 is 4.42 Å². The van der Waals surface area contributed by atoms with E-state index in [-0.39, 0.29) is 36.0 Å². The van der Waals surface area contributed by atoms with Crippen molar-refractivity contribution in [1.29, 1.82) is 0 Å². The van der Waals surface area contributed by atoms with Gasteiger partial charge in [0, 0.05) is 17.5 Å². The molecule has 0 radical (unpaired) electrons. The molecule has 2 aliphatic heterocycles. The molecule has 1 fully saturated rings. The first-order valence-electron chi connectivity index (χ1n) is 9.42. The lowest BCUT2D eigenvalue weighted by Crippen LogP contribution is -2.41. The van der Waals surface area contributed by atoms with Crippen LogP contribution in [0.15, 0.2) is 52.2 Å². The summed E-state index contributed by atoms with van der Waals surface area (Å²) in [5.41, 5.74) is 1.68. The Morgan fingerprint density at radius 1 is 1.31 bits per heavy atom. The highest BCUT2D eigenvalue weighted by atomic mass is 35.5. The van der Waals surface area contributed by atoms with Gasteiger partial charge in [0.2, 0.25) is 0 Å². The fraction of sp³-hybridized carbons (Fsp3) is 0.400. The Hall–Kier alpha value is -2.16. The number of halogens is 1. The molecule has 0 aliphatic carbocycles. The number of amides is 1. The fourth-order valence-electron chi connectivity index (χ4n) is 3.80. The van der Waals surface area contributed by atoms with Crippen molar-refractivity contribution in [3.05, 3.63) is 59.0 Å². The smallest absolute Gasteiger partial charge is 0.257 e. The maximum Gasteiger partial charge on any atom is 0.257 e. The molecule has 0 spiro atoms. The summed E-state index contributed by atoms with van der Waals surface area (Å²) in [5, 5.41) is 6.68. The SMILES string of the molecule is CN(CC(=O)N1N=C(c2ccc(Cl)cc2)C[C@@H]1c1ccco1)[C@H]1CCS(=O)(=O)C1. The number of furan rings is 1. The fourth-order valence-corrected chi connectivity index (χ4v) is 5.73. The Bertz CT molecular complexity index is 1020. The summed E-state index contributed by atoms with van der Waals surface area (Å²) < 4.78 is 29.1. The molecule has 29 heavy (non-hydrogen) atoms. The summed E-state index contributed by atoms with van der Waals surface area (Å²) in [5.74, 6) is 0.741. The van der Waals surface area contributed by atoms with E-state index in [1.165, 1.54) is 5.01 Å². The van der Waals surface area contributed by atoms with Crippen molar-refractivity contribution in [3.8, 4) is 0 Å². The average Bonchev–Trinajstić information content (AvgIpc) is 3.40. The van der Waals surface area contributed by atoms with Gasteiger partial charge in [-0.05, 0) is 43.3 Å². The second-order valence-electron chi connectivity index (χ2n) is 7.50. The van der Waals surface area contributed by atoms with Crippen LogP contribution in [0, 0.1) is 0 Å². The Morgan fingerprint density at radius 3 is 2.69 bits per heavy atom. The van der Waals surface area contributed by atoms with Crippen molar-refractivity contribution in [3.63, 3.8) is 0 Å². The molecule has 0 unspecified atom stereocenters. The monoisotopic (exact) mass is 435 g/mol. The number of hydrogen-bond donors (Lipinski definition) is 0. The molecule has 2 aliphatic rings. The topological polar surface area (TPSA) is 83.2 Å². The lowest BCUT2D eigenvalue weighted by Gasteiger charge is -2.26. The maximum absolute atomic E-state index is 13.1. The third-order valence-electron chi connectivity index (χ3n) is 5.43. The first kappa shape index (κ1) is 20.1. The normalized spacial score (nSPS) is 23.6. The Morgan fingerprint density at radius 2 is 2.07 bits per heavy atom. The van der Waals surface area contributed by atoms with Crippen molar-refractivity contribution in [2.75, 3.05) is 25.1 Å². The standard InChI is InChI=1S/C20H22ClN3O4S/c1-23(16-8-10-29(26,27)13-16)12-20(25)24-18(19-3-2-9-28-19)11-17(22-24)14-4-6-15(21)7-5-14/h2-7,9,16,18H,8,10-13H2,1H3/t16-,18+/m0/s1. The van der Waals surface area contributed by atoms with E-state index in [0.717, 1.165) is 11.3 Å². The highest BCUT2D eigenvalue weighted by Gasteiger charge is 2.37. The average molecular weight is 436 g/mol. The predicted molar refractivity (Wildman–Crippen MR) is 111 cm³/mol. The number of likely N-dealkylation sites (N-methyl/N-ethyl adjacent to an activating group) is 1. The van der Waals surface area contributed by atoms with Crippen LogP contribution in [-0.2, 0) is 14.6 Å². The van der Waals surface area contributed by atoms with Crippen molar-refractivity contribution < 1.29 is 17.6 Å². The second-order valence-corrected chi connectivity index (χ2v) is 10.2. The largest absolute Gasteiger partial charge is 0.467 e. The summed E-state index contributed by atoms with van der Waals surface area (Å²) in [6.45, 7) is 0.0921. The van der Waals surface area contributed by atoms with Gasteiger partial charge in [-0.25, -0.2) is 13.4 Å². The van der Waals surface area contributed by atoms with Crippen LogP contribution in [0.4, 0.5) is 0 Å². The van der Waals surface area contributed by atoms with Crippen LogP contribution < -0.4 is 0 Å². The van der Waals surface area contributed by atoms with E-state index in [1.807, 2.05) is 23.1 Å². The van der Waals surface area contributed by atoms with E-state index in [4.69, 9.17) is 16.0 Å². The molecule has 0 bridgehead atoms. The molecule has 7 nitrogen and oxygen atoms in total. The quantitative estimate of drug-likeness (QED) is 0.721. The summed E-state index contributed by atoms with van der Waals surface area (Å²) in [7, 11) is -1.23. The number of carbonyl (C=O) groups excluding carboxylic acids is 1. The van der Waals surface area contributed by atoms with Crippen molar-refractivity contribution in [1.82, 2.24) is 9.91 Å². The van der Waals surface area contributed by atoms with Gasteiger partial charge in [0.05, 0.1) is 30.0 Å². The highest BCUT2D eigenvalue weighted by Crippen LogP contribution is 2.33.